The van der Waals surface area contributed by atoms with Crippen LogP contribution in [0.25, 0.3) is 0 Å². The first-order valence-corrected chi connectivity index (χ1v) is 11.1. The predicted molar refractivity (Wildman–Crippen MR) is 128 cm³/mol. The molecule has 4 rings (SSSR count). The molecule has 0 amide bonds. The molecule has 1 atom stereocenters. The number of carbonyl (C=O) groups is 1. The number of thioether (sulfide) groups is 1. The number of carbonyl (C=O) groups excluding carboxylic acids is 1. The summed E-state index contributed by atoms with van der Waals surface area (Å²) >= 11 is 1.61. The number of esters is 1. The van der Waals surface area contributed by atoms with Gasteiger partial charge in [-0.2, -0.15) is 0 Å². The SMILES string of the molecule is COC(=O)C(SC(c1ccccc1)(c1ccccc1)c1ccccc1)c1ccccc1. The number of rotatable bonds is 7. The van der Waals surface area contributed by atoms with E-state index in [0.29, 0.717) is 0 Å². The minimum absolute atomic E-state index is 0.261. The highest BCUT2D eigenvalue weighted by molar-refractivity contribution is 8.01. The Hall–Kier alpha value is -3.30. The van der Waals surface area contributed by atoms with Gasteiger partial charge >= 0.3 is 5.97 Å². The van der Waals surface area contributed by atoms with Gasteiger partial charge in [-0.3, -0.25) is 4.79 Å². The van der Waals surface area contributed by atoms with Crippen LogP contribution in [0.15, 0.2) is 121 Å². The Balaban J connectivity index is 1.98. The maximum absolute atomic E-state index is 13.0. The number of hydrogen-bond acceptors (Lipinski definition) is 3. The van der Waals surface area contributed by atoms with Crippen molar-refractivity contribution in [2.24, 2.45) is 0 Å². The number of benzene rings is 4. The fourth-order valence-electron chi connectivity index (χ4n) is 3.89. The molecule has 3 heteroatoms. The van der Waals surface area contributed by atoms with Gasteiger partial charge in [0.1, 0.15) is 5.25 Å². The zero-order chi connectivity index (χ0) is 21.5. The molecule has 0 saturated heterocycles. The van der Waals surface area contributed by atoms with E-state index in [9.17, 15) is 4.79 Å². The first kappa shape index (κ1) is 21.0. The van der Waals surface area contributed by atoms with Gasteiger partial charge in [0.2, 0.25) is 0 Å². The Morgan fingerprint density at radius 1 is 0.645 bits per heavy atom. The number of ether oxygens (including phenoxy) is 1. The molecule has 0 aliphatic heterocycles. The summed E-state index contributed by atoms with van der Waals surface area (Å²) in [5.41, 5.74) is 4.26. The summed E-state index contributed by atoms with van der Waals surface area (Å²) in [6.45, 7) is 0. The Bertz CT molecular complexity index is 1000. The molecule has 0 heterocycles. The predicted octanol–water partition coefficient (Wildman–Crippen LogP) is 6.63. The van der Waals surface area contributed by atoms with Crippen LogP contribution in [-0.4, -0.2) is 13.1 Å². The first-order chi connectivity index (χ1) is 15.3. The van der Waals surface area contributed by atoms with Gasteiger partial charge in [0.25, 0.3) is 0 Å². The molecule has 1 unspecified atom stereocenters. The molecule has 4 aromatic carbocycles. The molecular weight excluding hydrogens is 400 g/mol. The van der Waals surface area contributed by atoms with Crippen LogP contribution >= 0.6 is 11.8 Å². The van der Waals surface area contributed by atoms with Gasteiger partial charge in [-0.05, 0) is 22.3 Å². The average molecular weight is 425 g/mol. The Labute approximate surface area is 187 Å². The van der Waals surface area contributed by atoms with E-state index < -0.39 is 10.00 Å². The van der Waals surface area contributed by atoms with E-state index in [0.717, 1.165) is 22.3 Å². The molecule has 154 valence electrons. The molecule has 31 heavy (non-hydrogen) atoms. The monoisotopic (exact) mass is 424 g/mol. The second-order valence-corrected chi connectivity index (χ2v) is 8.53. The van der Waals surface area contributed by atoms with Crippen LogP contribution in [0.3, 0.4) is 0 Å². The van der Waals surface area contributed by atoms with E-state index in [2.05, 4.69) is 36.4 Å². The highest BCUT2D eigenvalue weighted by Crippen LogP contribution is 2.54. The number of hydrogen-bond donors (Lipinski definition) is 0. The van der Waals surface area contributed by atoms with Gasteiger partial charge in [-0.15, -0.1) is 11.8 Å². The van der Waals surface area contributed by atoms with Crippen LogP contribution in [0, 0.1) is 0 Å². The lowest BCUT2D eigenvalue weighted by Crippen LogP contribution is -2.29. The Kier molecular flexibility index (Phi) is 6.54. The van der Waals surface area contributed by atoms with Gasteiger partial charge in [-0.25, -0.2) is 0 Å². The van der Waals surface area contributed by atoms with Gasteiger partial charge < -0.3 is 4.74 Å². The summed E-state index contributed by atoms with van der Waals surface area (Å²) in [5.74, 6) is -0.261. The summed E-state index contributed by atoms with van der Waals surface area (Å²) in [7, 11) is 1.45. The van der Waals surface area contributed by atoms with Crippen LogP contribution in [-0.2, 0) is 14.3 Å². The summed E-state index contributed by atoms with van der Waals surface area (Å²) < 4.78 is 4.66. The van der Waals surface area contributed by atoms with Crippen molar-refractivity contribution in [3.05, 3.63) is 144 Å². The van der Waals surface area contributed by atoms with E-state index in [1.807, 2.05) is 84.9 Å². The molecule has 0 spiro atoms. The van der Waals surface area contributed by atoms with Gasteiger partial charge in [0, 0.05) is 0 Å². The molecule has 0 fully saturated rings. The van der Waals surface area contributed by atoms with Crippen molar-refractivity contribution < 1.29 is 9.53 Å². The standard InChI is InChI=1S/C28H24O2S/c1-30-27(29)26(22-14-6-2-7-15-22)31-28(23-16-8-3-9-17-23,24-18-10-4-11-19-24)25-20-12-5-13-21-25/h2-21,26H,1H3. The lowest BCUT2D eigenvalue weighted by molar-refractivity contribution is -0.140. The zero-order valence-corrected chi connectivity index (χ0v) is 18.2. The smallest absolute Gasteiger partial charge is 0.323 e. The highest BCUT2D eigenvalue weighted by atomic mass is 32.2. The second kappa shape index (κ2) is 9.67. The molecule has 0 bridgehead atoms. The molecule has 0 N–H and O–H groups in total. The van der Waals surface area contributed by atoms with E-state index in [1.165, 1.54) is 7.11 Å². The first-order valence-electron chi connectivity index (χ1n) is 10.2. The second-order valence-electron chi connectivity index (χ2n) is 7.21. The van der Waals surface area contributed by atoms with Crippen molar-refractivity contribution in [2.45, 2.75) is 10.00 Å². The maximum Gasteiger partial charge on any atom is 0.323 e. The van der Waals surface area contributed by atoms with Gasteiger partial charge in [0.05, 0.1) is 11.9 Å². The fourth-order valence-corrected chi connectivity index (χ4v) is 5.54. The molecule has 0 aliphatic rings. The van der Waals surface area contributed by atoms with Gasteiger partial charge in [-0.1, -0.05) is 121 Å². The van der Waals surface area contributed by atoms with Crippen LogP contribution in [0.2, 0.25) is 0 Å². The molecule has 0 aliphatic carbocycles. The molecule has 0 radical (unpaired) electrons. The summed E-state index contributed by atoms with van der Waals surface area (Å²) in [6, 6.07) is 41.0. The molecule has 2 nitrogen and oxygen atoms in total. The van der Waals surface area contributed by atoms with Gasteiger partial charge in [0.15, 0.2) is 0 Å². The maximum atomic E-state index is 13.0. The van der Waals surface area contributed by atoms with Crippen molar-refractivity contribution in [3.8, 4) is 0 Å². The lowest BCUT2D eigenvalue weighted by atomic mass is 9.84. The minimum atomic E-state index is -0.599. The van der Waals surface area contributed by atoms with E-state index >= 15 is 0 Å². The topological polar surface area (TPSA) is 26.3 Å². The summed E-state index contributed by atoms with van der Waals surface area (Å²) in [4.78, 5) is 13.0. The van der Waals surface area contributed by atoms with Crippen LogP contribution in [0.5, 0.6) is 0 Å². The summed E-state index contributed by atoms with van der Waals surface area (Å²) in [5, 5.41) is -0.494. The van der Waals surface area contributed by atoms with Crippen LogP contribution in [0.1, 0.15) is 27.5 Å². The van der Waals surface area contributed by atoms with Crippen molar-refractivity contribution >= 4 is 17.7 Å². The fraction of sp³-hybridized carbons (Fsp3) is 0.107. The highest BCUT2D eigenvalue weighted by Gasteiger charge is 2.42. The third-order valence-corrected chi connectivity index (χ3v) is 7.11. The minimum Gasteiger partial charge on any atom is -0.468 e. The third-order valence-electron chi connectivity index (χ3n) is 5.35. The van der Waals surface area contributed by atoms with E-state index in [-0.39, 0.29) is 5.97 Å². The average Bonchev–Trinajstić information content (AvgIpc) is 2.87. The third kappa shape index (κ3) is 4.28. The van der Waals surface area contributed by atoms with E-state index in [1.54, 1.807) is 11.8 Å². The largest absolute Gasteiger partial charge is 0.468 e. The lowest BCUT2D eigenvalue weighted by Gasteiger charge is -2.37. The molecule has 4 aromatic rings. The van der Waals surface area contributed by atoms with Crippen molar-refractivity contribution in [2.75, 3.05) is 7.11 Å². The zero-order valence-electron chi connectivity index (χ0n) is 17.3. The molecule has 0 saturated carbocycles. The molecular formula is C28H24O2S. The Morgan fingerprint density at radius 2 is 1.00 bits per heavy atom. The van der Waals surface area contributed by atoms with Crippen LogP contribution in [0.4, 0.5) is 0 Å². The van der Waals surface area contributed by atoms with Crippen molar-refractivity contribution in [1.82, 2.24) is 0 Å². The Morgan fingerprint density at radius 3 is 1.35 bits per heavy atom. The molecule has 0 aromatic heterocycles. The summed E-state index contributed by atoms with van der Waals surface area (Å²) in [6.07, 6.45) is 0. The van der Waals surface area contributed by atoms with E-state index in [4.69, 9.17) is 4.74 Å². The van der Waals surface area contributed by atoms with Crippen molar-refractivity contribution in [1.29, 1.82) is 0 Å². The number of methoxy groups -OCH3 is 1. The van der Waals surface area contributed by atoms with Crippen LogP contribution < -0.4 is 0 Å². The normalized spacial score (nSPS) is 12.2. The quantitative estimate of drug-likeness (QED) is 0.246. The van der Waals surface area contributed by atoms with Crippen molar-refractivity contribution in [3.63, 3.8) is 0 Å².